The Morgan fingerprint density at radius 2 is 1.93 bits per heavy atom. The average molecular weight is 374 g/mol. The first-order valence-electron chi connectivity index (χ1n) is 9.47. The molecule has 3 rings (SSSR count). The zero-order valence-electron chi connectivity index (χ0n) is 15.6. The third-order valence-electron chi connectivity index (χ3n) is 5.25. The van der Waals surface area contributed by atoms with E-state index in [1.807, 2.05) is 0 Å². The number of methoxy groups -OCH3 is 1. The van der Waals surface area contributed by atoms with Gasteiger partial charge in [-0.2, -0.15) is 0 Å². The summed E-state index contributed by atoms with van der Waals surface area (Å²) in [5, 5.41) is 5.67. The molecule has 1 saturated carbocycles. The number of hydrogen-bond donors (Lipinski definition) is 2. The molecule has 0 radical (unpaired) electrons. The molecule has 7 heteroatoms. The van der Waals surface area contributed by atoms with E-state index in [4.69, 9.17) is 9.47 Å². The summed E-state index contributed by atoms with van der Waals surface area (Å²) in [7, 11) is 1.34. The van der Waals surface area contributed by atoms with Crippen molar-refractivity contribution in [3.8, 4) is 0 Å². The van der Waals surface area contributed by atoms with Gasteiger partial charge in [-0.1, -0.05) is 25.3 Å². The van der Waals surface area contributed by atoms with Crippen LogP contribution in [0.3, 0.4) is 0 Å². The van der Waals surface area contributed by atoms with Crippen LogP contribution in [-0.4, -0.2) is 43.1 Å². The first kappa shape index (κ1) is 19.4. The molecule has 1 unspecified atom stereocenters. The van der Waals surface area contributed by atoms with E-state index < -0.39 is 17.6 Å². The van der Waals surface area contributed by atoms with Gasteiger partial charge in [0.15, 0.2) is 0 Å². The lowest BCUT2D eigenvalue weighted by molar-refractivity contribution is -0.149. The molecule has 1 aromatic rings. The van der Waals surface area contributed by atoms with Crippen molar-refractivity contribution in [1.82, 2.24) is 5.32 Å². The lowest BCUT2D eigenvalue weighted by atomic mass is 9.81. The Kier molecular flexibility index (Phi) is 6.11. The van der Waals surface area contributed by atoms with Crippen molar-refractivity contribution in [2.24, 2.45) is 0 Å². The molecular formula is C20H26N2O5. The largest absolute Gasteiger partial charge is 0.467 e. The zero-order valence-corrected chi connectivity index (χ0v) is 15.6. The number of benzene rings is 1. The number of carbonyl (C=O) groups excluding carboxylic acids is 3. The molecule has 2 N–H and O–H groups in total. The van der Waals surface area contributed by atoms with Crippen molar-refractivity contribution in [3.05, 3.63) is 29.8 Å². The predicted molar refractivity (Wildman–Crippen MR) is 99.3 cm³/mol. The Hall–Kier alpha value is -2.41. The van der Waals surface area contributed by atoms with Gasteiger partial charge in [-0.05, 0) is 43.9 Å². The smallest absolute Gasteiger partial charge is 0.331 e. The van der Waals surface area contributed by atoms with Gasteiger partial charge < -0.3 is 20.1 Å². The van der Waals surface area contributed by atoms with Gasteiger partial charge in [-0.25, -0.2) is 4.79 Å². The average Bonchev–Trinajstić information content (AvgIpc) is 3.23. The van der Waals surface area contributed by atoms with Crippen molar-refractivity contribution in [1.29, 1.82) is 0 Å². The first-order chi connectivity index (χ1) is 13.0. The zero-order chi connectivity index (χ0) is 19.3. The number of hydrogen-bond acceptors (Lipinski definition) is 5. The van der Waals surface area contributed by atoms with Crippen LogP contribution in [0.2, 0.25) is 0 Å². The topological polar surface area (TPSA) is 93.7 Å². The molecule has 1 aliphatic heterocycles. The van der Waals surface area contributed by atoms with Crippen molar-refractivity contribution in [3.63, 3.8) is 0 Å². The highest BCUT2D eigenvalue weighted by molar-refractivity contribution is 6.00. The maximum Gasteiger partial charge on any atom is 0.331 e. The Labute approximate surface area is 158 Å². The lowest BCUT2D eigenvalue weighted by Gasteiger charge is -2.35. The third kappa shape index (κ3) is 4.47. The second kappa shape index (κ2) is 8.52. The molecule has 0 bridgehead atoms. The van der Waals surface area contributed by atoms with Gasteiger partial charge in [-0.15, -0.1) is 0 Å². The predicted octanol–water partition coefficient (Wildman–Crippen LogP) is 2.41. The molecule has 1 atom stereocenters. The van der Waals surface area contributed by atoms with Crippen LogP contribution in [-0.2, 0) is 19.1 Å². The summed E-state index contributed by atoms with van der Waals surface area (Å²) in [6, 6.07) is 6.69. The molecule has 27 heavy (non-hydrogen) atoms. The monoisotopic (exact) mass is 374 g/mol. The van der Waals surface area contributed by atoms with Gasteiger partial charge >= 0.3 is 5.97 Å². The summed E-state index contributed by atoms with van der Waals surface area (Å²) in [6.07, 6.45) is 5.05. The number of ether oxygens (including phenoxy) is 2. The molecule has 1 aromatic carbocycles. The summed E-state index contributed by atoms with van der Waals surface area (Å²) < 4.78 is 10.3. The van der Waals surface area contributed by atoms with Crippen molar-refractivity contribution in [2.75, 3.05) is 19.0 Å². The van der Waals surface area contributed by atoms with Crippen molar-refractivity contribution in [2.45, 2.75) is 56.6 Å². The molecule has 1 saturated heterocycles. The van der Waals surface area contributed by atoms with Crippen LogP contribution >= 0.6 is 0 Å². The first-order valence-corrected chi connectivity index (χ1v) is 9.47. The van der Waals surface area contributed by atoms with E-state index in [-0.39, 0.29) is 11.8 Å². The van der Waals surface area contributed by atoms with E-state index in [0.29, 0.717) is 37.1 Å². The van der Waals surface area contributed by atoms with Crippen molar-refractivity contribution >= 4 is 23.5 Å². The van der Waals surface area contributed by atoms with Gasteiger partial charge in [0.05, 0.1) is 7.11 Å². The fourth-order valence-corrected chi connectivity index (χ4v) is 3.77. The van der Waals surface area contributed by atoms with E-state index in [2.05, 4.69) is 10.6 Å². The van der Waals surface area contributed by atoms with E-state index >= 15 is 0 Å². The van der Waals surface area contributed by atoms with Crippen LogP contribution in [0, 0.1) is 0 Å². The summed E-state index contributed by atoms with van der Waals surface area (Å²) >= 11 is 0. The number of amides is 2. The van der Waals surface area contributed by atoms with Gasteiger partial charge in [-0.3, -0.25) is 9.59 Å². The molecule has 1 aliphatic carbocycles. The van der Waals surface area contributed by atoms with Gasteiger partial charge in [0, 0.05) is 17.9 Å². The normalized spacial score (nSPS) is 21.3. The van der Waals surface area contributed by atoms with Gasteiger partial charge in [0.1, 0.15) is 11.6 Å². The molecule has 2 aliphatic rings. The Morgan fingerprint density at radius 3 is 2.59 bits per heavy atom. The minimum absolute atomic E-state index is 0.205. The summed E-state index contributed by atoms with van der Waals surface area (Å²) in [5.74, 6) is -0.961. The minimum atomic E-state index is -0.971. The molecule has 2 amide bonds. The summed E-state index contributed by atoms with van der Waals surface area (Å²) in [4.78, 5) is 37.3. The second-order valence-corrected chi connectivity index (χ2v) is 7.16. The molecular weight excluding hydrogens is 348 g/mol. The van der Waals surface area contributed by atoms with Crippen molar-refractivity contribution < 1.29 is 23.9 Å². The Morgan fingerprint density at radius 1 is 1.15 bits per heavy atom. The number of nitrogens with one attached hydrogen (secondary N) is 2. The van der Waals surface area contributed by atoms with Gasteiger partial charge in [0.2, 0.25) is 0 Å². The standard InChI is InChI=1S/C20H26N2O5/c1-26-19(25)20(10-3-2-4-11-20)22-17(23)14-7-5-8-15(13-14)21-18(24)16-9-6-12-27-16/h5,7-8,13,16H,2-4,6,9-12H2,1H3,(H,21,24)(H,22,23). The third-order valence-corrected chi connectivity index (χ3v) is 5.25. The fourth-order valence-electron chi connectivity index (χ4n) is 3.77. The molecule has 146 valence electrons. The van der Waals surface area contributed by atoms with E-state index in [9.17, 15) is 14.4 Å². The van der Waals surface area contributed by atoms with E-state index in [1.165, 1.54) is 7.11 Å². The molecule has 7 nitrogen and oxygen atoms in total. The second-order valence-electron chi connectivity index (χ2n) is 7.16. The van der Waals surface area contributed by atoms with E-state index in [0.717, 1.165) is 25.7 Å². The maximum atomic E-state index is 12.8. The Bertz CT molecular complexity index is 706. The van der Waals surface area contributed by atoms with Crippen LogP contribution in [0.25, 0.3) is 0 Å². The van der Waals surface area contributed by atoms with Crippen LogP contribution in [0.4, 0.5) is 5.69 Å². The summed E-state index contributed by atoms with van der Waals surface area (Å²) in [6.45, 7) is 0.593. The Balaban J connectivity index is 1.70. The number of rotatable bonds is 5. The number of esters is 1. The molecule has 2 fully saturated rings. The number of anilines is 1. The molecule has 0 aromatic heterocycles. The highest BCUT2D eigenvalue weighted by Crippen LogP contribution is 2.30. The number of carbonyl (C=O) groups is 3. The van der Waals surface area contributed by atoms with Gasteiger partial charge in [0.25, 0.3) is 11.8 Å². The minimum Gasteiger partial charge on any atom is -0.467 e. The van der Waals surface area contributed by atoms with Crippen LogP contribution < -0.4 is 10.6 Å². The maximum absolute atomic E-state index is 12.8. The molecule has 0 spiro atoms. The molecule has 1 heterocycles. The van der Waals surface area contributed by atoms with Crippen LogP contribution in [0.1, 0.15) is 55.3 Å². The lowest BCUT2D eigenvalue weighted by Crippen LogP contribution is -2.56. The fraction of sp³-hybridized carbons (Fsp3) is 0.550. The van der Waals surface area contributed by atoms with E-state index in [1.54, 1.807) is 24.3 Å². The SMILES string of the molecule is COC(=O)C1(NC(=O)c2cccc(NC(=O)C3CCCO3)c2)CCCCC1. The van der Waals surface area contributed by atoms with Crippen LogP contribution in [0.15, 0.2) is 24.3 Å². The quantitative estimate of drug-likeness (QED) is 0.772. The summed E-state index contributed by atoms with van der Waals surface area (Å²) in [5.41, 5.74) is -0.0611. The highest BCUT2D eigenvalue weighted by Gasteiger charge is 2.42. The highest BCUT2D eigenvalue weighted by atomic mass is 16.5. The van der Waals surface area contributed by atoms with Crippen LogP contribution in [0.5, 0.6) is 0 Å².